The molecule has 2 rings (SSSR count). The van der Waals surface area contributed by atoms with Gasteiger partial charge in [0.15, 0.2) is 0 Å². The van der Waals surface area contributed by atoms with E-state index in [2.05, 4.69) is 4.98 Å². The fourth-order valence-corrected chi connectivity index (χ4v) is 1.34. The minimum atomic E-state index is 0.635. The number of benzene rings is 1. The van der Waals surface area contributed by atoms with E-state index in [0.29, 0.717) is 4.64 Å². The highest BCUT2D eigenvalue weighted by Crippen LogP contribution is 2.10. The van der Waals surface area contributed by atoms with Crippen LogP contribution in [0.1, 0.15) is 0 Å². The van der Waals surface area contributed by atoms with Gasteiger partial charge in [-0.1, -0.05) is 36.5 Å². The first-order valence-electron chi connectivity index (χ1n) is 3.71. The van der Waals surface area contributed by atoms with Crippen molar-refractivity contribution in [3.05, 3.63) is 47.2 Å². The quantitative estimate of drug-likeness (QED) is 0.568. The SMILES string of the molecule is S=c1cc2ccccc2ccn1. The average Bonchev–Trinajstić information content (AvgIpc) is 2.25. The van der Waals surface area contributed by atoms with Crippen LogP contribution in [-0.4, -0.2) is 4.98 Å². The largest absolute Gasteiger partial charge is 0.245 e. The summed E-state index contributed by atoms with van der Waals surface area (Å²) in [6.45, 7) is 0. The Morgan fingerprint density at radius 1 is 1.00 bits per heavy atom. The summed E-state index contributed by atoms with van der Waals surface area (Å²) in [4.78, 5) is 4.03. The molecule has 1 aromatic heterocycles. The Kier molecular flexibility index (Phi) is 1.84. The average molecular weight is 173 g/mol. The molecule has 0 amide bonds. The summed E-state index contributed by atoms with van der Waals surface area (Å²) in [5, 5.41) is 2.31. The van der Waals surface area contributed by atoms with E-state index in [-0.39, 0.29) is 0 Å². The van der Waals surface area contributed by atoms with Gasteiger partial charge in [0.05, 0.1) is 0 Å². The highest BCUT2D eigenvalue weighted by Gasteiger charge is 1.87. The Hall–Kier alpha value is -1.28. The zero-order chi connectivity index (χ0) is 8.39. The summed E-state index contributed by atoms with van der Waals surface area (Å²) in [6.07, 6.45) is 1.74. The normalized spacial score (nSPS) is 10.0. The van der Waals surface area contributed by atoms with Crippen LogP contribution in [0.5, 0.6) is 0 Å². The number of hydrogen-bond donors (Lipinski definition) is 0. The van der Waals surface area contributed by atoms with E-state index < -0.39 is 0 Å². The molecule has 0 radical (unpaired) electrons. The van der Waals surface area contributed by atoms with Gasteiger partial charge in [-0.15, -0.1) is 0 Å². The second-order valence-corrected chi connectivity index (χ2v) is 2.97. The molecular formula is C10H7NS. The second-order valence-electron chi connectivity index (χ2n) is 2.56. The molecule has 0 N–H and O–H groups in total. The minimum Gasteiger partial charge on any atom is -0.245 e. The lowest BCUT2D eigenvalue weighted by molar-refractivity contribution is 1.34. The van der Waals surface area contributed by atoms with Crippen LogP contribution in [0.2, 0.25) is 0 Å². The third kappa shape index (κ3) is 1.34. The summed E-state index contributed by atoms with van der Waals surface area (Å²) in [5.74, 6) is 0. The Labute approximate surface area is 75.7 Å². The van der Waals surface area contributed by atoms with Crippen LogP contribution in [0.25, 0.3) is 10.8 Å². The molecule has 2 aromatic rings. The van der Waals surface area contributed by atoms with E-state index in [1.165, 1.54) is 5.39 Å². The van der Waals surface area contributed by atoms with Crippen LogP contribution in [0.3, 0.4) is 0 Å². The molecule has 0 atom stereocenters. The lowest BCUT2D eigenvalue weighted by Gasteiger charge is -1.87. The summed E-state index contributed by atoms with van der Waals surface area (Å²) in [6, 6.07) is 12.0. The molecule has 0 aliphatic carbocycles. The Bertz CT molecular complexity index is 465. The number of hydrogen-bond acceptors (Lipinski definition) is 2. The van der Waals surface area contributed by atoms with Crippen molar-refractivity contribution in [3.8, 4) is 0 Å². The van der Waals surface area contributed by atoms with Crippen molar-refractivity contribution >= 4 is 23.0 Å². The van der Waals surface area contributed by atoms with E-state index in [1.807, 2.05) is 36.4 Å². The van der Waals surface area contributed by atoms with Crippen molar-refractivity contribution in [2.24, 2.45) is 0 Å². The molecule has 1 nitrogen and oxygen atoms in total. The molecule has 0 saturated heterocycles. The van der Waals surface area contributed by atoms with Crippen molar-refractivity contribution in [3.63, 3.8) is 0 Å². The third-order valence-electron chi connectivity index (χ3n) is 1.73. The zero-order valence-corrected chi connectivity index (χ0v) is 7.21. The van der Waals surface area contributed by atoms with E-state index in [1.54, 1.807) is 6.20 Å². The predicted molar refractivity (Wildman–Crippen MR) is 52.6 cm³/mol. The summed E-state index contributed by atoms with van der Waals surface area (Å²) >= 11 is 5.00. The van der Waals surface area contributed by atoms with Crippen LogP contribution < -0.4 is 0 Å². The first-order valence-corrected chi connectivity index (χ1v) is 4.12. The first-order chi connectivity index (χ1) is 5.86. The van der Waals surface area contributed by atoms with Gasteiger partial charge in [0.25, 0.3) is 0 Å². The van der Waals surface area contributed by atoms with Crippen molar-refractivity contribution in [1.29, 1.82) is 0 Å². The third-order valence-corrected chi connectivity index (χ3v) is 1.95. The number of rotatable bonds is 0. The fourth-order valence-electron chi connectivity index (χ4n) is 1.16. The monoisotopic (exact) mass is 173 g/mol. The van der Waals surface area contributed by atoms with Crippen LogP contribution >= 0.6 is 12.2 Å². The predicted octanol–water partition coefficient (Wildman–Crippen LogP) is 2.96. The van der Waals surface area contributed by atoms with Gasteiger partial charge in [0.1, 0.15) is 4.64 Å². The topological polar surface area (TPSA) is 12.9 Å². The van der Waals surface area contributed by atoms with Crippen LogP contribution in [0.4, 0.5) is 0 Å². The summed E-state index contributed by atoms with van der Waals surface area (Å²) < 4.78 is 0.635. The van der Waals surface area contributed by atoms with Gasteiger partial charge in [-0.25, -0.2) is 4.98 Å². The van der Waals surface area contributed by atoms with Crippen molar-refractivity contribution in [2.75, 3.05) is 0 Å². The first kappa shape index (κ1) is 7.37. The van der Waals surface area contributed by atoms with Crippen LogP contribution in [-0.2, 0) is 0 Å². The van der Waals surface area contributed by atoms with Gasteiger partial charge in [-0.05, 0) is 22.9 Å². The fraction of sp³-hybridized carbons (Fsp3) is 0. The van der Waals surface area contributed by atoms with Crippen molar-refractivity contribution in [2.45, 2.75) is 0 Å². The Morgan fingerprint density at radius 2 is 1.75 bits per heavy atom. The molecule has 12 heavy (non-hydrogen) atoms. The Balaban J connectivity index is 2.98. The van der Waals surface area contributed by atoms with E-state index in [4.69, 9.17) is 12.2 Å². The van der Waals surface area contributed by atoms with Gasteiger partial charge in [-0.2, -0.15) is 0 Å². The van der Waals surface area contributed by atoms with E-state index >= 15 is 0 Å². The number of fused-ring (bicyclic) bond motifs is 1. The lowest BCUT2D eigenvalue weighted by atomic mass is 10.2. The highest BCUT2D eigenvalue weighted by atomic mass is 32.1. The van der Waals surface area contributed by atoms with Gasteiger partial charge >= 0.3 is 0 Å². The Morgan fingerprint density at radius 3 is 2.58 bits per heavy atom. The molecule has 0 bridgehead atoms. The van der Waals surface area contributed by atoms with Crippen LogP contribution in [0, 0.1) is 4.64 Å². The van der Waals surface area contributed by atoms with Gasteiger partial charge in [0, 0.05) is 6.20 Å². The molecule has 0 aliphatic heterocycles. The van der Waals surface area contributed by atoms with Gasteiger partial charge in [-0.3, -0.25) is 0 Å². The maximum Gasteiger partial charge on any atom is 0.126 e. The smallest absolute Gasteiger partial charge is 0.126 e. The maximum atomic E-state index is 5.00. The minimum absolute atomic E-state index is 0.635. The standard InChI is InChI=1S/C10H7NS/c12-10-7-9-4-2-1-3-8(9)5-6-11-10/h1-7H. The molecule has 1 heterocycles. The second kappa shape index (κ2) is 2.99. The molecule has 58 valence electrons. The van der Waals surface area contributed by atoms with Gasteiger partial charge in [0.2, 0.25) is 0 Å². The summed E-state index contributed by atoms with van der Waals surface area (Å²) in [7, 11) is 0. The molecule has 0 unspecified atom stereocenters. The lowest BCUT2D eigenvalue weighted by Crippen LogP contribution is -1.63. The molecule has 0 spiro atoms. The molecule has 2 heteroatoms. The van der Waals surface area contributed by atoms with Crippen molar-refractivity contribution in [1.82, 2.24) is 4.98 Å². The zero-order valence-electron chi connectivity index (χ0n) is 6.40. The molecule has 0 fully saturated rings. The maximum absolute atomic E-state index is 5.00. The molecule has 0 aliphatic rings. The van der Waals surface area contributed by atoms with Crippen molar-refractivity contribution < 1.29 is 0 Å². The number of nitrogens with zero attached hydrogens (tertiary/aromatic N) is 1. The van der Waals surface area contributed by atoms with Crippen LogP contribution in [0.15, 0.2) is 42.6 Å². The van der Waals surface area contributed by atoms with E-state index in [9.17, 15) is 0 Å². The number of aromatic nitrogens is 1. The highest BCUT2D eigenvalue weighted by molar-refractivity contribution is 7.71. The molecular weight excluding hydrogens is 166 g/mol. The van der Waals surface area contributed by atoms with Gasteiger partial charge < -0.3 is 0 Å². The molecule has 1 aromatic carbocycles. The molecule has 0 saturated carbocycles. The van der Waals surface area contributed by atoms with E-state index in [0.717, 1.165) is 5.39 Å². The summed E-state index contributed by atoms with van der Waals surface area (Å²) in [5.41, 5.74) is 0.